The van der Waals surface area contributed by atoms with Gasteiger partial charge in [-0.2, -0.15) is 0 Å². The summed E-state index contributed by atoms with van der Waals surface area (Å²) in [5, 5.41) is 10.1. The summed E-state index contributed by atoms with van der Waals surface area (Å²) in [5.41, 5.74) is 1.62. The minimum Gasteiger partial charge on any atom is -0.462 e. The Kier molecular flexibility index (Phi) is 9.21. The quantitative estimate of drug-likeness (QED) is 0.355. The van der Waals surface area contributed by atoms with Crippen LogP contribution in [0.2, 0.25) is 0 Å². The molecule has 5 heteroatoms. The highest BCUT2D eigenvalue weighted by molar-refractivity contribution is 5.89. The van der Waals surface area contributed by atoms with E-state index in [1.165, 1.54) is 0 Å². The molecule has 0 aromatic heterocycles. The van der Waals surface area contributed by atoms with Gasteiger partial charge in [0.1, 0.15) is 0 Å². The van der Waals surface area contributed by atoms with Crippen LogP contribution in [0.4, 0.5) is 0 Å². The number of carbonyl (C=O) groups excluding carboxylic acids is 2. The summed E-state index contributed by atoms with van der Waals surface area (Å²) < 4.78 is 4.99. The molecule has 1 amide bonds. The molecule has 1 saturated heterocycles. The summed E-state index contributed by atoms with van der Waals surface area (Å²) >= 11 is 0. The minimum atomic E-state index is -0.431. The van der Waals surface area contributed by atoms with Crippen molar-refractivity contribution in [2.24, 2.45) is 0 Å². The zero-order chi connectivity index (χ0) is 20.4. The lowest BCUT2D eigenvalue weighted by Crippen LogP contribution is -2.33. The Bertz CT molecular complexity index is 653. The van der Waals surface area contributed by atoms with E-state index in [4.69, 9.17) is 4.74 Å². The maximum Gasteiger partial charge on any atom is 0.338 e. The molecule has 28 heavy (non-hydrogen) atoms. The minimum absolute atomic E-state index is 0.0622. The maximum atomic E-state index is 12.2. The normalized spacial score (nSPS) is 18.0. The number of esters is 1. The number of nitrogens with zero attached hydrogens (tertiary/aromatic N) is 1. The van der Waals surface area contributed by atoms with Crippen molar-refractivity contribution in [2.75, 3.05) is 13.2 Å². The summed E-state index contributed by atoms with van der Waals surface area (Å²) in [4.78, 5) is 25.9. The number of amides is 1. The van der Waals surface area contributed by atoms with Gasteiger partial charge in [0.2, 0.25) is 5.91 Å². The number of benzene rings is 1. The van der Waals surface area contributed by atoms with Crippen molar-refractivity contribution in [1.29, 1.82) is 0 Å². The summed E-state index contributed by atoms with van der Waals surface area (Å²) in [6.07, 6.45) is 9.58. The van der Waals surface area contributed by atoms with E-state index in [-0.39, 0.29) is 17.9 Å². The van der Waals surface area contributed by atoms with Crippen molar-refractivity contribution < 1.29 is 19.4 Å². The molecule has 0 saturated carbocycles. The Hall–Kier alpha value is -2.14. The summed E-state index contributed by atoms with van der Waals surface area (Å²) in [6, 6.07) is 7.42. The Labute approximate surface area is 168 Å². The molecule has 1 heterocycles. The second kappa shape index (κ2) is 11.6. The number of ether oxygens (including phenoxy) is 1. The Morgan fingerprint density at radius 1 is 1.29 bits per heavy atom. The predicted molar refractivity (Wildman–Crippen MR) is 110 cm³/mol. The largest absolute Gasteiger partial charge is 0.462 e. The van der Waals surface area contributed by atoms with Crippen LogP contribution in [0.5, 0.6) is 0 Å². The van der Waals surface area contributed by atoms with Crippen molar-refractivity contribution >= 4 is 11.9 Å². The van der Waals surface area contributed by atoms with Gasteiger partial charge in [0.05, 0.1) is 24.3 Å². The van der Waals surface area contributed by atoms with Gasteiger partial charge in [-0.1, -0.05) is 50.5 Å². The Balaban J connectivity index is 1.87. The number of unbranched alkanes of at least 4 members (excludes halogenated alkanes) is 2. The molecule has 5 nitrogen and oxygen atoms in total. The average Bonchev–Trinajstić information content (AvgIpc) is 3.05. The molecule has 1 aromatic carbocycles. The zero-order valence-electron chi connectivity index (χ0n) is 17.1. The molecule has 1 aromatic rings. The van der Waals surface area contributed by atoms with Gasteiger partial charge in [0, 0.05) is 13.0 Å². The zero-order valence-corrected chi connectivity index (χ0v) is 17.1. The van der Waals surface area contributed by atoms with Gasteiger partial charge in [-0.15, -0.1) is 0 Å². The lowest BCUT2D eigenvalue weighted by molar-refractivity contribution is -0.128. The van der Waals surface area contributed by atoms with Crippen LogP contribution in [-0.2, 0) is 16.0 Å². The van der Waals surface area contributed by atoms with Crippen LogP contribution in [0.25, 0.3) is 0 Å². The monoisotopic (exact) mass is 387 g/mol. The molecule has 0 spiro atoms. The molecule has 1 aliphatic heterocycles. The maximum absolute atomic E-state index is 12.2. The van der Waals surface area contributed by atoms with Gasteiger partial charge in [0.25, 0.3) is 0 Å². The third-order valence-corrected chi connectivity index (χ3v) is 5.14. The van der Waals surface area contributed by atoms with Crippen molar-refractivity contribution in [3.05, 3.63) is 47.5 Å². The van der Waals surface area contributed by atoms with E-state index in [1.807, 2.05) is 29.2 Å². The highest BCUT2D eigenvalue weighted by Gasteiger charge is 2.28. The van der Waals surface area contributed by atoms with Crippen LogP contribution in [0.1, 0.15) is 68.3 Å². The molecule has 2 rings (SSSR count). The topological polar surface area (TPSA) is 66.8 Å². The smallest absolute Gasteiger partial charge is 0.338 e. The number of likely N-dealkylation sites (tertiary alicyclic amines) is 1. The number of carbonyl (C=O) groups is 2. The first-order valence-electron chi connectivity index (χ1n) is 10.5. The molecule has 1 fully saturated rings. The molecule has 0 bridgehead atoms. The molecule has 1 unspecified atom stereocenters. The standard InChI is InChI=1S/C23H33NO4/c1-3-5-6-7-21(25)14-12-20-13-15-22(26)24(20)17-16-18-8-10-19(11-9-18)23(27)28-4-2/h8-12,14,20-21,25H,3-7,13,15-17H2,1-2H3/b14-12+/t20-,21?/m0/s1. The van der Waals surface area contributed by atoms with E-state index in [0.717, 1.165) is 44.1 Å². The molecule has 2 atom stereocenters. The van der Waals surface area contributed by atoms with E-state index >= 15 is 0 Å². The number of rotatable bonds is 11. The Morgan fingerprint density at radius 2 is 2.04 bits per heavy atom. The summed E-state index contributed by atoms with van der Waals surface area (Å²) in [7, 11) is 0. The van der Waals surface area contributed by atoms with Crippen LogP contribution in [0.3, 0.4) is 0 Å². The molecule has 1 aliphatic rings. The second-order valence-electron chi connectivity index (χ2n) is 7.31. The fourth-order valence-corrected chi connectivity index (χ4v) is 3.47. The molecular weight excluding hydrogens is 354 g/mol. The second-order valence-corrected chi connectivity index (χ2v) is 7.31. The molecular formula is C23H33NO4. The molecule has 0 aliphatic carbocycles. The fraction of sp³-hybridized carbons (Fsp3) is 0.565. The van der Waals surface area contributed by atoms with E-state index < -0.39 is 6.10 Å². The Morgan fingerprint density at radius 3 is 2.71 bits per heavy atom. The van der Waals surface area contributed by atoms with Gasteiger partial charge >= 0.3 is 5.97 Å². The first-order chi connectivity index (χ1) is 13.5. The predicted octanol–water partition coefficient (Wildman–Crippen LogP) is 3.89. The van der Waals surface area contributed by atoms with E-state index in [0.29, 0.717) is 25.1 Å². The van der Waals surface area contributed by atoms with Crippen LogP contribution in [0.15, 0.2) is 36.4 Å². The lowest BCUT2D eigenvalue weighted by atomic mass is 10.1. The highest BCUT2D eigenvalue weighted by atomic mass is 16.5. The fourth-order valence-electron chi connectivity index (χ4n) is 3.47. The van der Waals surface area contributed by atoms with Gasteiger partial charge < -0.3 is 14.7 Å². The van der Waals surface area contributed by atoms with Crippen molar-refractivity contribution in [3.63, 3.8) is 0 Å². The van der Waals surface area contributed by atoms with E-state index in [2.05, 4.69) is 6.92 Å². The SMILES string of the molecule is CCCCCC(O)/C=C/[C@H]1CCC(=O)N1CCc1ccc(C(=O)OCC)cc1. The third-order valence-electron chi connectivity index (χ3n) is 5.14. The highest BCUT2D eigenvalue weighted by Crippen LogP contribution is 2.21. The van der Waals surface area contributed by atoms with E-state index in [9.17, 15) is 14.7 Å². The van der Waals surface area contributed by atoms with Crippen molar-refractivity contribution in [2.45, 2.75) is 70.9 Å². The number of hydrogen-bond donors (Lipinski definition) is 1. The van der Waals surface area contributed by atoms with Crippen LogP contribution in [-0.4, -0.2) is 47.2 Å². The molecule has 0 radical (unpaired) electrons. The summed E-state index contributed by atoms with van der Waals surface area (Å²) in [6.45, 7) is 4.93. The molecule has 154 valence electrons. The van der Waals surface area contributed by atoms with Crippen LogP contribution < -0.4 is 0 Å². The van der Waals surface area contributed by atoms with Gasteiger partial charge in [-0.05, 0) is 43.9 Å². The first-order valence-corrected chi connectivity index (χ1v) is 10.5. The third kappa shape index (κ3) is 6.79. The number of aliphatic hydroxyl groups excluding tert-OH is 1. The van der Waals surface area contributed by atoms with Crippen molar-refractivity contribution in [1.82, 2.24) is 4.90 Å². The van der Waals surface area contributed by atoms with Gasteiger partial charge in [-0.3, -0.25) is 4.79 Å². The van der Waals surface area contributed by atoms with E-state index in [1.54, 1.807) is 19.1 Å². The van der Waals surface area contributed by atoms with Crippen molar-refractivity contribution in [3.8, 4) is 0 Å². The van der Waals surface area contributed by atoms with Crippen LogP contribution in [0, 0.1) is 0 Å². The van der Waals surface area contributed by atoms with Gasteiger partial charge in [0.15, 0.2) is 0 Å². The van der Waals surface area contributed by atoms with Gasteiger partial charge in [-0.25, -0.2) is 4.79 Å². The van der Waals surface area contributed by atoms with Crippen LogP contribution >= 0.6 is 0 Å². The number of hydrogen-bond acceptors (Lipinski definition) is 4. The first kappa shape index (κ1) is 22.2. The molecule has 1 N–H and O–H groups in total. The average molecular weight is 388 g/mol. The summed E-state index contributed by atoms with van der Waals surface area (Å²) in [5.74, 6) is -0.148. The lowest BCUT2D eigenvalue weighted by Gasteiger charge is -2.23. The number of aliphatic hydroxyl groups is 1.